The van der Waals surface area contributed by atoms with Crippen LogP contribution >= 0.6 is 11.3 Å². The van der Waals surface area contributed by atoms with Crippen LogP contribution < -0.4 is 16.0 Å². The number of benzene rings is 1. The Bertz CT molecular complexity index is 1270. The first-order valence-electron chi connectivity index (χ1n) is 10.5. The number of aliphatic hydroxyl groups excluding tert-OH is 1. The number of fused-ring (bicyclic) bond motifs is 1. The van der Waals surface area contributed by atoms with Crippen LogP contribution in [0.25, 0.3) is 21.5 Å². The van der Waals surface area contributed by atoms with Gasteiger partial charge in [-0.05, 0) is 24.1 Å². The van der Waals surface area contributed by atoms with Gasteiger partial charge in [-0.15, -0.1) is 0 Å². The number of amides is 1. The summed E-state index contributed by atoms with van der Waals surface area (Å²) >= 11 is 1.45. The van der Waals surface area contributed by atoms with Crippen LogP contribution in [0.15, 0.2) is 49.1 Å². The zero-order chi connectivity index (χ0) is 22.8. The molecule has 1 amide bonds. The maximum atomic E-state index is 13.2. The number of aromatic nitrogens is 4. The van der Waals surface area contributed by atoms with Gasteiger partial charge in [-0.2, -0.15) is 0 Å². The standard InChI is InChI=1S/C22H22FN7O2S/c23-14-3-1-13(2-4-14)19-11-27-22(33-19)29-20-8-18-17(10-26-20)28-12-30(18)6-5-24-21(32)16-7-15(31)9-25-16/h1-4,8,10-12,15-16,25,31H,5-7,9H2,(H,24,32)(H,26,27,29)/t15-,16?/m1/s1. The molecule has 0 aliphatic carbocycles. The normalized spacial score (nSPS) is 18.0. The van der Waals surface area contributed by atoms with Crippen LogP contribution in [-0.4, -0.2) is 55.8 Å². The molecule has 33 heavy (non-hydrogen) atoms. The van der Waals surface area contributed by atoms with E-state index in [2.05, 4.69) is 30.9 Å². The predicted octanol–water partition coefficient (Wildman–Crippen LogP) is 2.28. The molecule has 1 unspecified atom stereocenters. The summed E-state index contributed by atoms with van der Waals surface area (Å²) < 4.78 is 15.1. The van der Waals surface area contributed by atoms with E-state index in [1.54, 1.807) is 30.9 Å². The highest BCUT2D eigenvalue weighted by Gasteiger charge is 2.27. The van der Waals surface area contributed by atoms with E-state index in [0.29, 0.717) is 37.0 Å². The van der Waals surface area contributed by atoms with Crippen molar-refractivity contribution in [2.75, 3.05) is 18.4 Å². The number of halogens is 1. The van der Waals surface area contributed by atoms with Gasteiger partial charge >= 0.3 is 0 Å². The molecule has 3 aromatic heterocycles. The summed E-state index contributed by atoms with van der Waals surface area (Å²) in [6, 6.07) is 7.83. The van der Waals surface area contributed by atoms with E-state index in [1.165, 1.54) is 23.5 Å². The fourth-order valence-corrected chi connectivity index (χ4v) is 4.56. The number of carbonyl (C=O) groups is 1. The maximum Gasteiger partial charge on any atom is 0.237 e. The Morgan fingerprint density at radius 1 is 1.24 bits per heavy atom. The van der Waals surface area contributed by atoms with Crippen LogP contribution in [0.3, 0.4) is 0 Å². The van der Waals surface area contributed by atoms with E-state index in [1.807, 2.05) is 10.6 Å². The fraction of sp³-hybridized carbons (Fsp3) is 0.273. The number of anilines is 2. The number of nitrogens with one attached hydrogen (secondary N) is 3. The zero-order valence-electron chi connectivity index (χ0n) is 17.5. The van der Waals surface area contributed by atoms with Crippen molar-refractivity contribution in [3.8, 4) is 10.4 Å². The van der Waals surface area contributed by atoms with Gasteiger partial charge in [-0.25, -0.2) is 19.3 Å². The lowest BCUT2D eigenvalue weighted by atomic mass is 10.2. The predicted molar refractivity (Wildman–Crippen MR) is 124 cm³/mol. The van der Waals surface area contributed by atoms with Crippen molar-refractivity contribution in [1.82, 2.24) is 30.2 Å². The van der Waals surface area contributed by atoms with Crippen molar-refractivity contribution in [2.24, 2.45) is 0 Å². The number of nitrogens with zero attached hydrogens (tertiary/aromatic N) is 4. The summed E-state index contributed by atoms with van der Waals surface area (Å²) in [7, 11) is 0. The number of hydrogen-bond donors (Lipinski definition) is 4. The SMILES string of the molecule is O=C(NCCn1cnc2cnc(Nc3ncc(-c4ccc(F)cc4)s3)cc21)C1C[C@@H](O)CN1. The molecule has 0 bridgehead atoms. The Morgan fingerprint density at radius 3 is 2.88 bits per heavy atom. The van der Waals surface area contributed by atoms with Gasteiger partial charge in [0.05, 0.1) is 35.1 Å². The summed E-state index contributed by atoms with van der Waals surface area (Å²) in [6.07, 6.45) is 5.10. The number of rotatable bonds is 7. The Hall–Kier alpha value is -3.41. The molecule has 2 atom stereocenters. The van der Waals surface area contributed by atoms with Crippen molar-refractivity contribution in [3.05, 3.63) is 54.9 Å². The largest absolute Gasteiger partial charge is 0.392 e. The second kappa shape index (κ2) is 9.22. The van der Waals surface area contributed by atoms with E-state index < -0.39 is 6.10 Å². The van der Waals surface area contributed by atoms with E-state index in [4.69, 9.17) is 0 Å². The maximum absolute atomic E-state index is 13.2. The van der Waals surface area contributed by atoms with E-state index in [9.17, 15) is 14.3 Å². The molecule has 1 aliphatic rings. The van der Waals surface area contributed by atoms with Gasteiger partial charge in [0, 0.05) is 31.9 Å². The number of aliphatic hydroxyl groups is 1. The molecular weight excluding hydrogens is 445 g/mol. The summed E-state index contributed by atoms with van der Waals surface area (Å²) in [5.41, 5.74) is 2.53. The van der Waals surface area contributed by atoms with E-state index in [-0.39, 0.29) is 17.8 Å². The minimum absolute atomic E-state index is 0.110. The Kier molecular flexibility index (Phi) is 5.99. The van der Waals surface area contributed by atoms with Crippen molar-refractivity contribution >= 4 is 39.2 Å². The molecule has 1 aliphatic heterocycles. The van der Waals surface area contributed by atoms with E-state index >= 15 is 0 Å². The molecular formula is C22H22FN7O2S. The summed E-state index contributed by atoms with van der Waals surface area (Å²) in [6.45, 7) is 1.43. The molecule has 4 aromatic rings. The Morgan fingerprint density at radius 2 is 2.09 bits per heavy atom. The smallest absolute Gasteiger partial charge is 0.237 e. The topological polar surface area (TPSA) is 117 Å². The molecule has 0 radical (unpaired) electrons. The van der Waals surface area contributed by atoms with Crippen molar-refractivity contribution < 1.29 is 14.3 Å². The summed E-state index contributed by atoms with van der Waals surface area (Å²) in [4.78, 5) is 26.3. The Labute approximate surface area is 192 Å². The molecule has 1 fully saturated rings. The first-order chi connectivity index (χ1) is 16.0. The molecule has 4 N–H and O–H groups in total. The first kappa shape index (κ1) is 21.4. The molecule has 1 saturated heterocycles. The highest BCUT2D eigenvalue weighted by atomic mass is 32.1. The monoisotopic (exact) mass is 467 g/mol. The number of pyridine rings is 1. The Balaban J connectivity index is 1.24. The van der Waals surface area contributed by atoms with Crippen molar-refractivity contribution in [2.45, 2.75) is 25.1 Å². The van der Waals surface area contributed by atoms with Gasteiger partial charge in [-0.3, -0.25) is 4.79 Å². The van der Waals surface area contributed by atoms with Gasteiger partial charge in [-0.1, -0.05) is 23.5 Å². The lowest BCUT2D eigenvalue weighted by Gasteiger charge is -2.11. The molecule has 0 spiro atoms. The quantitative estimate of drug-likeness (QED) is 0.329. The summed E-state index contributed by atoms with van der Waals surface area (Å²) in [5.74, 6) is 0.238. The van der Waals surface area contributed by atoms with E-state index in [0.717, 1.165) is 21.5 Å². The molecule has 9 nitrogen and oxygen atoms in total. The van der Waals surface area contributed by atoms with Gasteiger partial charge in [0.1, 0.15) is 17.2 Å². The van der Waals surface area contributed by atoms with Crippen LogP contribution in [0.2, 0.25) is 0 Å². The highest BCUT2D eigenvalue weighted by Crippen LogP contribution is 2.30. The summed E-state index contributed by atoms with van der Waals surface area (Å²) in [5, 5.41) is 19.3. The fourth-order valence-electron chi connectivity index (χ4n) is 3.74. The van der Waals surface area contributed by atoms with Crippen LogP contribution in [0.4, 0.5) is 15.3 Å². The van der Waals surface area contributed by atoms with Crippen LogP contribution in [0.1, 0.15) is 6.42 Å². The average Bonchev–Trinajstić information content (AvgIpc) is 3.55. The first-order valence-corrected chi connectivity index (χ1v) is 11.4. The second-order valence-corrected chi connectivity index (χ2v) is 8.83. The number of β-amino-alcohol motifs (C(OH)–C–C–N with tert-alkyl or cyclic N) is 1. The van der Waals surface area contributed by atoms with Gasteiger partial charge in [0.25, 0.3) is 0 Å². The minimum atomic E-state index is -0.471. The number of thiazole rings is 1. The lowest BCUT2D eigenvalue weighted by molar-refractivity contribution is -0.122. The molecule has 5 rings (SSSR count). The third-order valence-electron chi connectivity index (χ3n) is 5.45. The molecule has 170 valence electrons. The van der Waals surface area contributed by atoms with Crippen LogP contribution in [-0.2, 0) is 11.3 Å². The number of hydrogen-bond acceptors (Lipinski definition) is 8. The third kappa shape index (κ3) is 4.85. The number of carbonyl (C=O) groups excluding carboxylic acids is 1. The van der Waals surface area contributed by atoms with Crippen LogP contribution in [0, 0.1) is 5.82 Å². The minimum Gasteiger partial charge on any atom is -0.392 e. The van der Waals surface area contributed by atoms with Crippen LogP contribution in [0.5, 0.6) is 0 Å². The number of imidazole rings is 1. The molecule has 11 heteroatoms. The van der Waals surface area contributed by atoms with Crippen molar-refractivity contribution in [3.63, 3.8) is 0 Å². The molecule has 1 aromatic carbocycles. The lowest BCUT2D eigenvalue weighted by Crippen LogP contribution is -2.41. The van der Waals surface area contributed by atoms with Crippen molar-refractivity contribution in [1.29, 1.82) is 0 Å². The highest BCUT2D eigenvalue weighted by molar-refractivity contribution is 7.18. The van der Waals surface area contributed by atoms with Gasteiger partial charge < -0.3 is 25.6 Å². The zero-order valence-corrected chi connectivity index (χ0v) is 18.3. The molecule has 0 saturated carbocycles. The van der Waals surface area contributed by atoms with Gasteiger partial charge in [0.2, 0.25) is 5.91 Å². The van der Waals surface area contributed by atoms with Gasteiger partial charge in [0.15, 0.2) is 5.13 Å². The molecule has 4 heterocycles. The third-order valence-corrected chi connectivity index (χ3v) is 6.41. The second-order valence-electron chi connectivity index (χ2n) is 7.80. The average molecular weight is 468 g/mol.